The van der Waals surface area contributed by atoms with E-state index >= 15 is 0 Å². The molecule has 2 aliphatic heterocycles. The number of rotatable bonds is 4. The molecule has 2 saturated heterocycles. The van der Waals surface area contributed by atoms with Gasteiger partial charge >= 0.3 is 0 Å². The van der Waals surface area contributed by atoms with Gasteiger partial charge in [-0.3, -0.25) is 9.69 Å². The summed E-state index contributed by atoms with van der Waals surface area (Å²) in [6, 6.07) is 9.59. The van der Waals surface area contributed by atoms with Gasteiger partial charge < -0.3 is 15.2 Å². The first-order valence-electron chi connectivity index (χ1n) is 8.60. The van der Waals surface area contributed by atoms with Gasteiger partial charge in [0.05, 0.1) is 12.7 Å². The average Bonchev–Trinajstić information content (AvgIpc) is 3.35. The van der Waals surface area contributed by atoms with Gasteiger partial charge in [0.15, 0.2) is 6.10 Å². The van der Waals surface area contributed by atoms with E-state index in [1.807, 2.05) is 18.2 Å². The monoisotopic (exact) mass is 316 g/mol. The van der Waals surface area contributed by atoms with Crippen molar-refractivity contribution < 1.29 is 14.6 Å². The van der Waals surface area contributed by atoms with Crippen molar-refractivity contribution in [1.82, 2.24) is 10.2 Å². The Labute approximate surface area is 136 Å². The molecule has 0 radical (unpaired) electrons. The maximum Gasteiger partial charge on any atom is 0.253 e. The second-order valence-corrected chi connectivity index (χ2v) is 7.07. The minimum absolute atomic E-state index is 0.104. The zero-order valence-electron chi connectivity index (χ0n) is 13.2. The number of carbonyl (C=O) groups excluding carboxylic acids is 1. The number of hydrogen-bond acceptors (Lipinski definition) is 4. The van der Waals surface area contributed by atoms with Gasteiger partial charge in [0, 0.05) is 25.2 Å². The molecule has 5 nitrogen and oxygen atoms in total. The molecule has 4 rings (SSSR count). The molecule has 0 bridgehead atoms. The molecule has 0 unspecified atom stereocenters. The van der Waals surface area contributed by atoms with Gasteiger partial charge in [-0.25, -0.2) is 0 Å². The summed E-state index contributed by atoms with van der Waals surface area (Å²) in [6.07, 6.45) is 2.80. The highest BCUT2D eigenvalue weighted by atomic mass is 16.5. The molecule has 1 aromatic rings. The van der Waals surface area contributed by atoms with Gasteiger partial charge in [-0.15, -0.1) is 0 Å². The Morgan fingerprint density at radius 3 is 2.78 bits per heavy atom. The summed E-state index contributed by atoms with van der Waals surface area (Å²) >= 11 is 0. The van der Waals surface area contributed by atoms with Crippen LogP contribution in [0.5, 0.6) is 0 Å². The van der Waals surface area contributed by atoms with Crippen molar-refractivity contribution in [2.75, 3.05) is 19.7 Å². The third-order valence-corrected chi connectivity index (χ3v) is 5.30. The number of fused-ring (bicyclic) bond motifs is 1. The molecule has 2 N–H and O–H groups in total. The van der Waals surface area contributed by atoms with E-state index in [0.29, 0.717) is 17.7 Å². The summed E-state index contributed by atoms with van der Waals surface area (Å²) in [7, 11) is 0. The normalized spacial score (nSPS) is 32.3. The van der Waals surface area contributed by atoms with Crippen LogP contribution >= 0.6 is 0 Å². The summed E-state index contributed by atoms with van der Waals surface area (Å²) in [4.78, 5) is 14.7. The predicted molar refractivity (Wildman–Crippen MR) is 85.8 cm³/mol. The van der Waals surface area contributed by atoms with Crippen LogP contribution in [0.2, 0.25) is 0 Å². The molecule has 4 atom stereocenters. The Morgan fingerprint density at radius 1 is 1.26 bits per heavy atom. The fraction of sp³-hybridized carbons (Fsp3) is 0.611. The number of nitrogens with one attached hydrogen (secondary N) is 1. The van der Waals surface area contributed by atoms with E-state index in [1.165, 1.54) is 12.8 Å². The van der Waals surface area contributed by atoms with Crippen molar-refractivity contribution >= 4 is 5.91 Å². The smallest absolute Gasteiger partial charge is 0.253 e. The van der Waals surface area contributed by atoms with Gasteiger partial charge in [0.1, 0.15) is 0 Å². The van der Waals surface area contributed by atoms with Crippen molar-refractivity contribution in [2.45, 2.75) is 43.6 Å². The molecule has 1 saturated carbocycles. The van der Waals surface area contributed by atoms with Gasteiger partial charge in [-0.1, -0.05) is 30.3 Å². The molecular weight excluding hydrogens is 292 g/mol. The van der Waals surface area contributed by atoms with E-state index in [-0.39, 0.29) is 11.9 Å². The number of aliphatic hydroxyl groups is 1. The average molecular weight is 316 g/mol. The molecule has 0 spiro atoms. The maximum atomic E-state index is 12.3. The number of hydrogen-bond donors (Lipinski definition) is 2. The van der Waals surface area contributed by atoms with Crippen LogP contribution in [0.15, 0.2) is 30.3 Å². The first kappa shape index (κ1) is 15.1. The summed E-state index contributed by atoms with van der Waals surface area (Å²) in [6.45, 7) is 2.63. The number of carbonyl (C=O) groups is 1. The van der Waals surface area contributed by atoms with Crippen molar-refractivity contribution in [2.24, 2.45) is 5.92 Å². The highest BCUT2D eigenvalue weighted by molar-refractivity contribution is 5.82. The van der Waals surface area contributed by atoms with Gasteiger partial charge in [-0.05, 0) is 30.7 Å². The molecule has 3 aliphatic rings. The lowest BCUT2D eigenvalue weighted by molar-refractivity contribution is -0.130. The van der Waals surface area contributed by atoms with Crippen molar-refractivity contribution in [3.05, 3.63) is 35.9 Å². The molecule has 3 fully saturated rings. The minimum Gasteiger partial charge on any atom is -0.378 e. The number of amides is 1. The Bertz CT molecular complexity index is 561. The van der Waals surface area contributed by atoms with Crippen LogP contribution < -0.4 is 5.32 Å². The van der Waals surface area contributed by atoms with Crippen LogP contribution in [-0.4, -0.2) is 53.8 Å². The summed E-state index contributed by atoms with van der Waals surface area (Å²) in [5.41, 5.74) is 0.637. The van der Waals surface area contributed by atoms with E-state index in [2.05, 4.69) is 10.2 Å². The van der Waals surface area contributed by atoms with Gasteiger partial charge in [-0.2, -0.15) is 0 Å². The zero-order valence-corrected chi connectivity index (χ0v) is 13.2. The van der Waals surface area contributed by atoms with E-state index in [1.54, 1.807) is 12.1 Å². The lowest BCUT2D eigenvalue weighted by Gasteiger charge is -2.35. The van der Waals surface area contributed by atoms with E-state index in [0.717, 1.165) is 32.0 Å². The highest BCUT2D eigenvalue weighted by Crippen LogP contribution is 2.37. The Hall–Kier alpha value is -1.43. The maximum absolute atomic E-state index is 12.3. The molecular formula is C18H24N2O3. The fourth-order valence-corrected chi connectivity index (χ4v) is 3.82. The minimum atomic E-state index is -1.09. The Morgan fingerprint density at radius 2 is 2.04 bits per heavy atom. The molecule has 5 heteroatoms. The third kappa shape index (κ3) is 3.27. The number of morpholine rings is 1. The van der Waals surface area contributed by atoms with Gasteiger partial charge in [0.2, 0.25) is 0 Å². The molecule has 23 heavy (non-hydrogen) atoms. The molecule has 1 amide bonds. The van der Waals surface area contributed by atoms with Crippen LogP contribution in [0.3, 0.4) is 0 Å². The number of nitrogens with zero attached hydrogens (tertiary/aromatic N) is 1. The molecule has 0 aromatic heterocycles. The Balaban J connectivity index is 1.32. The highest BCUT2D eigenvalue weighted by Gasteiger charge is 2.42. The topological polar surface area (TPSA) is 61.8 Å². The SMILES string of the molecule is O=C(N[C@H]1C[C@H]2CO[C@@H](C3CC3)CN2C1)[C@H](O)c1ccccc1. The van der Waals surface area contributed by atoms with Crippen molar-refractivity contribution in [3.8, 4) is 0 Å². The predicted octanol–water partition coefficient (Wildman–Crippen LogP) is 1.09. The lowest BCUT2D eigenvalue weighted by atomic mass is 10.1. The number of benzene rings is 1. The summed E-state index contributed by atoms with van der Waals surface area (Å²) < 4.78 is 5.98. The van der Waals surface area contributed by atoms with E-state index in [4.69, 9.17) is 4.74 Å². The first-order chi connectivity index (χ1) is 11.2. The van der Waals surface area contributed by atoms with Crippen LogP contribution in [0, 0.1) is 5.92 Å². The standard InChI is InChI=1S/C18H24N2O3/c21-17(13-4-2-1-3-5-13)18(22)19-14-8-15-11-23-16(12-6-7-12)10-20(15)9-14/h1-5,12,14-17,21H,6-11H2,(H,19,22)/t14-,15-,16+,17+/m0/s1. The summed E-state index contributed by atoms with van der Waals surface area (Å²) in [5, 5.41) is 13.2. The second kappa shape index (κ2) is 6.23. The largest absolute Gasteiger partial charge is 0.378 e. The first-order valence-corrected chi connectivity index (χ1v) is 8.60. The lowest BCUT2D eigenvalue weighted by Crippen LogP contribution is -2.47. The molecule has 1 aromatic carbocycles. The van der Waals surface area contributed by atoms with Crippen molar-refractivity contribution in [3.63, 3.8) is 0 Å². The Kier molecular flexibility index (Phi) is 4.09. The number of aliphatic hydroxyl groups excluding tert-OH is 1. The van der Waals surface area contributed by atoms with Crippen LogP contribution in [-0.2, 0) is 9.53 Å². The fourth-order valence-electron chi connectivity index (χ4n) is 3.82. The summed E-state index contributed by atoms with van der Waals surface area (Å²) in [5.74, 6) is 0.449. The zero-order chi connectivity index (χ0) is 15.8. The van der Waals surface area contributed by atoms with Crippen LogP contribution in [0.4, 0.5) is 0 Å². The molecule has 2 heterocycles. The molecule has 1 aliphatic carbocycles. The van der Waals surface area contributed by atoms with Crippen molar-refractivity contribution in [1.29, 1.82) is 0 Å². The number of ether oxygens (including phenoxy) is 1. The molecule has 124 valence electrons. The van der Waals surface area contributed by atoms with Crippen LogP contribution in [0.25, 0.3) is 0 Å². The van der Waals surface area contributed by atoms with E-state index in [9.17, 15) is 9.90 Å². The third-order valence-electron chi connectivity index (χ3n) is 5.30. The van der Waals surface area contributed by atoms with E-state index < -0.39 is 6.10 Å². The quantitative estimate of drug-likeness (QED) is 0.873. The van der Waals surface area contributed by atoms with Crippen LogP contribution in [0.1, 0.15) is 30.9 Å². The second-order valence-electron chi connectivity index (χ2n) is 7.07. The van der Waals surface area contributed by atoms with Gasteiger partial charge in [0.25, 0.3) is 5.91 Å².